The van der Waals surface area contributed by atoms with Gasteiger partial charge in [0.25, 0.3) is 0 Å². The third-order valence-corrected chi connectivity index (χ3v) is 2.84. The molecule has 0 spiro atoms. The van der Waals surface area contributed by atoms with Gasteiger partial charge >= 0.3 is 5.97 Å². The fraction of sp³-hybridized carbons (Fsp3) is 0.267. The molecule has 1 aromatic carbocycles. The Morgan fingerprint density at radius 2 is 2.00 bits per heavy atom. The molecule has 2 aromatic rings. The summed E-state index contributed by atoms with van der Waals surface area (Å²) in [6.07, 6.45) is 1.46. The zero-order valence-corrected chi connectivity index (χ0v) is 12.0. The van der Waals surface area contributed by atoms with Gasteiger partial charge in [-0.05, 0) is 30.7 Å². The molecule has 110 valence electrons. The highest BCUT2D eigenvalue weighted by molar-refractivity contribution is 5.94. The number of benzene rings is 1. The number of anilines is 1. The van der Waals surface area contributed by atoms with Gasteiger partial charge in [0, 0.05) is 6.54 Å². The second kappa shape index (κ2) is 7.23. The Morgan fingerprint density at radius 1 is 1.24 bits per heavy atom. The molecule has 0 atom stereocenters. The summed E-state index contributed by atoms with van der Waals surface area (Å²) in [4.78, 5) is 11.8. The van der Waals surface area contributed by atoms with Crippen LogP contribution in [0.3, 0.4) is 0 Å². The lowest BCUT2D eigenvalue weighted by molar-refractivity contribution is 0.0527. The van der Waals surface area contributed by atoms with Gasteiger partial charge in [-0.25, -0.2) is 4.79 Å². The summed E-state index contributed by atoms with van der Waals surface area (Å²) in [5.41, 5.74) is 1.41. The van der Waals surface area contributed by atoms with Crippen LogP contribution in [-0.4, -0.2) is 29.9 Å². The van der Waals surface area contributed by atoms with Gasteiger partial charge in [-0.2, -0.15) is 5.10 Å². The number of carbonyl (C=O) groups excluding carboxylic acids is 1. The molecule has 0 aliphatic heterocycles. The normalized spacial score (nSPS) is 10.0. The Kier molecular flexibility index (Phi) is 5.09. The van der Waals surface area contributed by atoms with Crippen molar-refractivity contribution in [3.63, 3.8) is 0 Å². The molecule has 21 heavy (non-hydrogen) atoms. The van der Waals surface area contributed by atoms with E-state index in [0.29, 0.717) is 24.5 Å². The van der Waals surface area contributed by atoms with Crippen LogP contribution in [0.5, 0.6) is 5.75 Å². The molecule has 6 nitrogen and oxygen atoms in total. The third kappa shape index (κ3) is 3.92. The van der Waals surface area contributed by atoms with E-state index < -0.39 is 5.97 Å². The van der Waals surface area contributed by atoms with Crippen LogP contribution in [0.1, 0.15) is 22.8 Å². The summed E-state index contributed by atoms with van der Waals surface area (Å²) in [5.74, 6) is 0.793. The lowest BCUT2D eigenvalue weighted by Gasteiger charge is -2.09. The number of methoxy groups -OCH3 is 1. The molecular weight excluding hydrogens is 270 g/mol. The van der Waals surface area contributed by atoms with Crippen LogP contribution in [0.15, 0.2) is 36.5 Å². The number of aromatic nitrogens is 2. The Bertz CT molecular complexity index is 599. The van der Waals surface area contributed by atoms with Crippen molar-refractivity contribution in [1.82, 2.24) is 10.2 Å². The number of ether oxygens (including phenoxy) is 2. The number of hydrogen-bond acceptors (Lipinski definition) is 6. The van der Waals surface area contributed by atoms with E-state index in [0.717, 1.165) is 11.3 Å². The maximum Gasteiger partial charge on any atom is 0.342 e. The molecule has 0 bridgehead atoms. The molecule has 0 saturated heterocycles. The standard InChI is InChI=1S/C15H17N3O3/c1-3-21-15(19)13-8-9-17-18-14(13)16-10-11-4-6-12(20-2)7-5-11/h4-9H,3,10H2,1-2H3,(H,16,18). The van der Waals surface area contributed by atoms with Gasteiger partial charge in [0.15, 0.2) is 5.82 Å². The van der Waals surface area contributed by atoms with E-state index in [1.54, 1.807) is 20.1 Å². The topological polar surface area (TPSA) is 73.3 Å². The smallest absolute Gasteiger partial charge is 0.342 e. The molecule has 6 heteroatoms. The van der Waals surface area contributed by atoms with Gasteiger partial charge in [0.1, 0.15) is 11.3 Å². The predicted molar refractivity (Wildman–Crippen MR) is 78.3 cm³/mol. The molecule has 1 N–H and O–H groups in total. The molecule has 0 amide bonds. The fourth-order valence-corrected chi connectivity index (χ4v) is 1.77. The van der Waals surface area contributed by atoms with E-state index in [9.17, 15) is 4.79 Å². The first kappa shape index (κ1) is 14.8. The minimum atomic E-state index is -0.412. The van der Waals surface area contributed by atoms with E-state index in [-0.39, 0.29) is 0 Å². The molecule has 0 radical (unpaired) electrons. The van der Waals surface area contributed by atoms with Crippen molar-refractivity contribution in [3.8, 4) is 5.75 Å². The van der Waals surface area contributed by atoms with Crippen molar-refractivity contribution < 1.29 is 14.3 Å². The first-order valence-corrected chi connectivity index (χ1v) is 6.60. The van der Waals surface area contributed by atoms with Crippen molar-refractivity contribution in [3.05, 3.63) is 47.7 Å². The third-order valence-electron chi connectivity index (χ3n) is 2.84. The molecule has 0 saturated carbocycles. The summed E-state index contributed by atoms with van der Waals surface area (Å²) < 4.78 is 10.1. The highest BCUT2D eigenvalue weighted by atomic mass is 16.5. The quantitative estimate of drug-likeness (QED) is 0.822. The largest absolute Gasteiger partial charge is 0.497 e. The van der Waals surface area contributed by atoms with Gasteiger partial charge < -0.3 is 14.8 Å². The Balaban J connectivity index is 2.07. The summed E-state index contributed by atoms with van der Waals surface area (Å²) in [5, 5.41) is 10.8. The van der Waals surface area contributed by atoms with Crippen LogP contribution in [0.4, 0.5) is 5.82 Å². The van der Waals surface area contributed by atoms with Crippen LogP contribution in [0.25, 0.3) is 0 Å². The molecule has 1 aromatic heterocycles. The molecular formula is C15H17N3O3. The maximum atomic E-state index is 11.8. The SMILES string of the molecule is CCOC(=O)c1ccnnc1NCc1ccc(OC)cc1. The van der Waals surface area contributed by atoms with Crippen molar-refractivity contribution in [1.29, 1.82) is 0 Å². The number of nitrogens with zero attached hydrogens (tertiary/aromatic N) is 2. The highest BCUT2D eigenvalue weighted by Gasteiger charge is 2.13. The Labute approximate surface area is 123 Å². The molecule has 0 fully saturated rings. The lowest BCUT2D eigenvalue weighted by Crippen LogP contribution is -2.12. The van der Waals surface area contributed by atoms with Crippen molar-refractivity contribution >= 4 is 11.8 Å². The van der Waals surface area contributed by atoms with E-state index >= 15 is 0 Å². The van der Waals surface area contributed by atoms with Gasteiger partial charge in [-0.3, -0.25) is 0 Å². The first-order valence-electron chi connectivity index (χ1n) is 6.60. The van der Waals surface area contributed by atoms with Crippen LogP contribution < -0.4 is 10.1 Å². The van der Waals surface area contributed by atoms with Crippen molar-refractivity contribution in [2.45, 2.75) is 13.5 Å². The van der Waals surface area contributed by atoms with Crippen LogP contribution in [-0.2, 0) is 11.3 Å². The van der Waals surface area contributed by atoms with E-state index in [1.165, 1.54) is 6.20 Å². The van der Waals surface area contributed by atoms with Crippen LogP contribution in [0, 0.1) is 0 Å². The van der Waals surface area contributed by atoms with E-state index in [4.69, 9.17) is 9.47 Å². The number of hydrogen-bond donors (Lipinski definition) is 1. The lowest BCUT2D eigenvalue weighted by atomic mass is 10.2. The molecule has 0 aliphatic rings. The summed E-state index contributed by atoms with van der Waals surface area (Å²) in [7, 11) is 1.62. The minimum absolute atomic E-state index is 0.319. The number of esters is 1. The van der Waals surface area contributed by atoms with Gasteiger partial charge in [-0.15, -0.1) is 5.10 Å². The second-order valence-corrected chi connectivity index (χ2v) is 4.22. The highest BCUT2D eigenvalue weighted by Crippen LogP contribution is 2.15. The molecule has 2 rings (SSSR count). The van der Waals surface area contributed by atoms with Crippen LogP contribution in [0.2, 0.25) is 0 Å². The fourth-order valence-electron chi connectivity index (χ4n) is 1.77. The van der Waals surface area contributed by atoms with Crippen molar-refractivity contribution in [2.75, 3.05) is 19.0 Å². The Hall–Kier alpha value is -2.63. The van der Waals surface area contributed by atoms with Gasteiger partial charge in [0.05, 0.1) is 19.9 Å². The van der Waals surface area contributed by atoms with Gasteiger partial charge in [-0.1, -0.05) is 12.1 Å². The van der Waals surface area contributed by atoms with Crippen molar-refractivity contribution in [2.24, 2.45) is 0 Å². The van der Waals surface area contributed by atoms with Crippen LogP contribution >= 0.6 is 0 Å². The van der Waals surface area contributed by atoms with E-state index in [2.05, 4.69) is 15.5 Å². The molecule has 0 unspecified atom stereocenters. The monoisotopic (exact) mass is 287 g/mol. The molecule has 1 heterocycles. The summed E-state index contributed by atoms with van der Waals surface area (Å²) in [6.45, 7) is 2.60. The Morgan fingerprint density at radius 3 is 2.67 bits per heavy atom. The summed E-state index contributed by atoms with van der Waals surface area (Å²) in [6, 6.07) is 9.21. The first-order chi connectivity index (χ1) is 10.2. The average molecular weight is 287 g/mol. The second-order valence-electron chi connectivity index (χ2n) is 4.22. The van der Waals surface area contributed by atoms with Gasteiger partial charge in [0.2, 0.25) is 0 Å². The van der Waals surface area contributed by atoms with E-state index in [1.807, 2.05) is 24.3 Å². The number of carbonyl (C=O) groups is 1. The maximum absolute atomic E-state index is 11.8. The predicted octanol–water partition coefficient (Wildman–Crippen LogP) is 2.27. The number of rotatable bonds is 6. The zero-order chi connectivity index (χ0) is 15.1. The zero-order valence-electron chi connectivity index (χ0n) is 12.0. The number of nitrogens with one attached hydrogen (secondary N) is 1. The minimum Gasteiger partial charge on any atom is -0.497 e. The molecule has 0 aliphatic carbocycles. The average Bonchev–Trinajstić information content (AvgIpc) is 2.54. The summed E-state index contributed by atoms with van der Waals surface area (Å²) >= 11 is 0.